The highest BCUT2D eigenvalue weighted by molar-refractivity contribution is 6.05. The van der Waals surface area contributed by atoms with Crippen LogP contribution in [-0.4, -0.2) is 101 Å². The Bertz CT molecular complexity index is 2260. The molecule has 4 aliphatic heterocycles. The van der Waals surface area contributed by atoms with Crippen molar-refractivity contribution >= 4 is 45.7 Å². The number of fused-ring (bicyclic) bond motifs is 4. The molecule has 2 aromatic heterocycles. The summed E-state index contributed by atoms with van der Waals surface area (Å²) in [6, 6.07) is 12.5. The van der Waals surface area contributed by atoms with E-state index in [1.807, 2.05) is 24.3 Å². The third kappa shape index (κ3) is 7.37. The molecule has 15 heteroatoms. The van der Waals surface area contributed by atoms with Gasteiger partial charge in [-0.15, -0.1) is 5.10 Å². The Morgan fingerprint density at radius 2 is 1.63 bits per heavy atom. The number of allylic oxidation sites excluding steroid dienone is 1. The minimum absolute atomic E-state index is 0.165. The molecular formula is C42H44F4N8O3. The van der Waals surface area contributed by atoms with E-state index in [0.29, 0.717) is 76.0 Å². The number of piperazine rings is 1. The largest absolute Gasteiger partial charge is 0.392 e. The zero-order valence-electron chi connectivity index (χ0n) is 31.5. The van der Waals surface area contributed by atoms with Gasteiger partial charge >= 0.3 is 6.18 Å². The number of H-pyrrole nitrogens is 1. The van der Waals surface area contributed by atoms with E-state index in [0.717, 1.165) is 75.7 Å². The van der Waals surface area contributed by atoms with Crippen molar-refractivity contribution < 1.29 is 31.9 Å². The van der Waals surface area contributed by atoms with Gasteiger partial charge < -0.3 is 14.7 Å². The molecule has 6 heterocycles. The molecule has 9 rings (SSSR count). The molecule has 2 aromatic carbocycles. The molecule has 0 saturated carbocycles. The number of alkyl halides is 3. The number of aromatic nitrogens is 3. The van der Waals surface area contributed by atoms with Gasteiger partial charge in [-0.05, 0) is 103 Å². The van der Waals surface area contributed by atoms with Crippen LogP contribution in [0.5, 0.6) is 0 Å². The molecule has 11 nitrogen and oxygen atoms in total. The number of nitrogens with one attached hydrogen (secondary N) is 2. The Morgan fingerprint density at radius 3 is 2.37 bits per heavy atom. The van der Waals surface area contributed by atoms with Gasteiger partial charge in [0.05, 0.1) is 17.3 Å². The topological polar surface area (TPSA) is 118 Å². The summed E-state index contributed by atoms with van der Waals surface area (Å²) < 4.78 is 56.3. The monoisotopic (exact) mass is 784 g/mol. The normalized spacial score (nSPS) is 21.3. The maximum atomic E-state index is 14.8. The number of aryl methyl sites for hydroxylation is 1. The van der Waals surface area contributed by atoms with Crippen molar-refractivity contribution in [3.63, 3.8) is 0 Å². The summed E-state index contributed by atoms with van der Waals surface area (Å²) >= 11 is 0. The molecule has 0 bridgehead atoms. The van der Waals surface area contributed by atoms with E-state index in [1.165, 1.54) is 0 Å². The molecule has 3 saturated heterocycles. The predicted octanol–water partition coefficient (Wildman–Crippen LogP) is 5.99. The Labute approximate surface area is 327 Å². The first kappa shape index (κ1) is 37.3. The van der Waals surface area contributed by atoms with Gasteiger partial charge in [-0.25, -0.2) is 4.98 Å². The highest BCUT2D eigenvalue weighted by Gasteiger charge is 2.39. The minimum atomic E-state index is -4.38. The molecular weight excluding hydrogens is 741 g/mol. The first-order chi connectivity index (χ1) is 27.5. The summed E-state index contributed by atoms with van der Waals surface area (Å²) in [5.41, 5.74) is 5.79. The number of pyridine rings is 1. The maximum absolute atomic E-state index is 14.8. The number of aromatic amines is 1. The van der Waals surface area contributed by atoms with Gasteiger partial charge in [-0.3, -0.25) is 29.7 Å². The van der Waals surface area contributed by atoms with E-state index in [-0.39, 0.29) is 24.7 Å². The van der Waals surface area contributed by atoms with E-state index in [2.05, 4.69) is 36.3 Å². The number of amides is 3. The van der Waals surface area contributed by atoms with Gasteiger partial charge in [-0.1, -0.05) is 11.6 Å². The first-order valence-electron chi connectivity index (χ1n) is 19.9. The van der Waals surface area contributed by atoms with Crippen LogP contribution >= 0.6 is 0 Å². The summed E-state index contributed by atoms with van der Waals surface area (Å²) in [5.74, 6) is -0.177. The lowest BCUT2D eigenvalue weighted by Crippen LogP contribution is -2.52. The van der Waals surface area contributed by atoms with Crippen molar-refractivity contribution in [1.82, 2.24) is 30.3 Å². The van der Waals surface area contributed by atoms with Crippen LogP contribution in [0.2, 0.25) is 0 Å². The minimum Gasteiger partial charge on any atom is -0.369 e. The molecule has 1 atom stereocenters. The molecule has 0 spiro atoms. The number of benzene rings is 2. The molecule has 2 N–H and O–H groups in total. The van der Waals surface area contributed by atoms with Crippen LogP contribution in [0.4, 0.5) is 29.1 Å². The fourth-order valence-corrected chi connectivity index (χ4v) is 9.59. The van der Waals surface area contributed by atoms with Crippen molar-refractivity contribution in [2.75, 3.05) is 55.6 Å². The summed E-state index contributed by atoms with van der Waals surface area (Å²) in [6.45, 7) is 6.63. The number of halogens is 4. The lowest BCUT2D eigenvalue weighted by Gasteiger charge is -2.40. The zero-order chi connectivity index (χ0) is 39.4. The van der Waals surface area contributed by atoms with Crippen molar-refractivity contribution in [1.29, 1.82) is 0 Å². The van der Waals surface area contributed by atoms with E-state index >= 15 is 0 Å². The summed E-state index contributed by atoms with van der Waals surface area (Å²) in [4.78, 5) is 50.7. The quantitative estimate of drug-likeness (QED) is 0.174. The fourth-order valence-electron chi connectivity index (χ4n) is 9.59. The van der Waals surface area contributed by atoms with Crippen LogP contribution in [0, 0.1) is 11.9 Å². The molecule has 298 valence electrons. The Kier molecular flexibility index (Phi) is 9.74. The number of carbonyl (C=O) groups excluding carboxylic acids is 3. The molecule has 57 heavy (non-hydrogen) atoms. The van der Waals surface area contributed by atoms with Crippen LogP contribution in [0.25, 0.3) is 16.5 Å². The maximum Gasteiger partial charge on any atom is 0.392 e. The summed E-state index contributed by atoms with van der Waals surface area (Å²) in [7, 11) is 0. The van der Waals surface area contributed by atoms with E-state index in [4.69, 9.17) is 4.98 Å². The third-order valence-corrected chi connectivity index (χ3v) is 12.5. The van der Waals surface area contributed by atoms with Crippen LogP contribution < -0.4 is 15.1 Å². The number of nitrogens with zero attached hydrogens (tertiary/aromatic N) is 6. The molecule has 1 aliphatic carbocycles. The fraction of sp³-hybridized carbons (Fsp3) is 0.452. The van der Waals surface area contributed by atoms with Crippen molar-refractivity contribution in [3.8, 4) is 0 Å². The van der Waals surface area contributed by atoms with Crippen LogP contribution in [-0.2, 0) is 22.6 Å². The Balaban J connectivity index is 0.806. The summed E-state index contributed by atoms with van der Waals surface area (Å²) in [5, 5.41) is 9.11. The smallest absolute Gasteiger partial charge is 0.369 e. The molecule has 5 aliphatic rings. The van der Waals surface area contributed by atoms with Crippen LogP contribution in [0.3, 0.4) is 0 Å². The number of anilines is 2. The lowest BCUT2D eigenvalue weighted by atomic mass is 9.89. The number of imide groups is 1. The van der Waals surface area contributed by atoms with Crippen LogP contribution in [0.1, 0.15) is 77.6 Å². The van der Waals surface area contributed by atoms with Crippen molar-refractivity contribution in [2.45, 2.75) is 70.1 Å². The number of hydrogen-bond acceptors (Lipinski definition) is 8. The lowest BCUT2D eigenvalue weighted by molar-refractivity contribution is -0.137. The standard InChI is InChI=1S/C42H44F4N8O3/c43-39-38-31-3-1-2-26(21-42(44,45)46)37(32(31)7-8-33(38)49-50-39)27-4-10-35(47-22-27)53-14-12-25(13-15-53)23-51-16-18-52(19-17-51)29-5-6-30-28(20-29)24-54(41(30)57)34-9-11-36(55)48-40(34)56/h4-8,10,20,22,25,34H,1-3,9,11-19,21,23-24H2,(H,49,50)(H,48,55,56)/t34-/m0/s1. The van der Waals surface area contributed by atoms with Gasteiger partial charge in [0.1, 0.15) is 11.9 Å². The molecule has 4 aromatic rings. The van der Waals surface area contributed by atoms with Gasteiger partial charge in [0.15, 0.2) is 0 Å². The SMILES string of the molecule is O=C1CC[C@H](N2Cc3cc(N4CCN(CC5CCN(c6ccc(C7=C(CC(F)(F)F)CCCc8c7ccc7[nH]nc(F)c87)cn6)CC5)CC4)ccc3C2=O)C(=O)N1. The Hall–Kier alpha value is -5.31. The second-order valence-electron chi connectivity index (χ2n) is 16.0. The highest BCUT2D eigenvalue weighted by atomic mass is 19.4. The molecule has 0 unspecified atom stereocenters. The second kappa shape index (κ2) is 14.9. The van der Waals surface area contributed by atoms with Crippen molar-refractivity contribution in [3.05, 3.63) is 88.0 Å². The summed E-state index contributed by atoms with van der Waals surface area (Å²) in [6.07, 6.45) is 0.0503. The number of hydrogen-bond donors (Lipinski definition) is 2. The predicted molar refractivity (Wildman–Crippen MR) is 206 cm³/mol. The van der Waals surface area contributed by atoms with Gasteiger partial charge in [0, 0.05) is 81.8 Å². The van der Waals surface area contributed by atoms with Gasteiger partial charge in [0.25, 0.3) is 5.91 Å². The van der Waals surface area contributed by atoms with Crippen LogP contribution in [0.15, 0.2) is 54.2 Å². The Morgan fingerprint density at radius 1 is 0.842 bits per heavy atom. The highest BCUT2D eigenvalue weighted by Crippen LogP contribution is 2.42. The van der Waals surface area contributed by atoms with Gasteiger partial charge in [0.2, 0.25) is 17.8 Å². The van der Waals surface area contributed by atoms with E-state index in [9.17, 15) is 31.9 Å². The zero-order valence-corrected chi connectivity index (χ0v) is 31.5. The van der Waals surface area contributed by atoms with E-state index in [1.54, 1.807) is 23.2 Å². The molecule has 0 radical (unpaired) electrons. The molecule has 3 fully saturated rings. The van der Waals surface area contributed by atoms with Crippen molar-refractivity contribution in [2.24, 2.45) is 5.92 Å². The average Bonchev–Trinajstić information content (AvgIpc) is 3.67. The second-order valence-corrected chi connectivity index (χ2v) is 16.0. The number of piperidine rings is 2. The average molecular weight is 785 g/mol. The first-order valence-corrected chi connectivity index (χ1v) is 19.9. The van der Waals surface area contributed by atoms with Gasteiger partial charge in [-0.2, -0.15) is 17.6 Å². The number of carbonyl (C=O) groups is 3. The van der Waals surface area contributed by atoms with E-state index < -0.39 is 30.5 Å². The third-order valence-electron chi connectivity index (χ3n) is 12.5. The number of rotatable bonds is 7. The molecule has 3 amide bonds.